The molecule has 3 aromatic carbocycles. The van der Waals surface area contributed by atoms with E-state index >= 15 is 0 Å². The Labute approximate surface area is 189 Å². The second kappa shape index (κ2) is 10.1. The lowest BCUT2D eigenvalue weighted by molar-refractivity contribution is 0.0951. The van der Waals surface area contributed by atoms with Gasteiger partial charge in [-0.05, 0) is 72.5 Å². The van der Waals surface area contributed by atoms with Gasteiger partial charge in [-0.25, -0.2) is 9.37 Å². The number of carbonyl (C=O) groups excluding carboxylic acids is 1. The van der Waals surface area contributed by atoms with Crippen LogP contribution in [0, 0.1) is 5.82 Å². The number of ether oxygens (including phenoxy) is 1. The second-order valence-electron chi connectivity index (χ2n) is 6.88. The van der Waals surface area contributed by atoms with E-state index in [1.807, 2.05) is 30.5 Å². The van der Waals surface area contributed by atoms with Crippen molar-refractivity contribution in [1.82, 2.24) is 15.3 Å². The summed E-state index contributed by atoms with van der Waals surface area (Å²) in [4.78, 5) is 22.2. The summed E-state index contributed by atoms with van der Waals surface area (Å²) in [6.07, 6.45) is 3.61. The van der Waals surface area contributed by atoms with Crippen molar-refractivity contribution in [2.75, 3.05) is 6.26 Å². The zero-order valence-electron chi connectivity index (χ0n) is 17.3. The van der Waals surface area contributed by atoms with Gasteiger partial charge < -0.3 is 10.1 Å². The lowest BCUT2D eigenvalue weighted by atomic mass is 10.2. The highest BCUT2D eigenvalue weighted by Crippen LogP contribution is 2.23. The molecule has 4 aromatic rings. The van der Waals surface area contributed by atoms with E-state index in [0.29, 0.717) is 35.1 Å². The Bertz CT molecular complexity index is 1200. The van der Waals surface area contributed by atoms with Crippen LogP contribution in [0.25, 0.3) is 11.4 Å². The standard InChI is InChI=1S/C25H20FN3O2S/c1-32-22-12-2-17(3-13-22)16-28-25(30)19-6-10-21(11-7-19)31-23-14-15-27-24(29-23)18-4-8-20(26)9-5-18/h2-15H,16H2,1H3,(H,28,30). The molecule has 0 saturated heterocycles. The number of benzene rings is 3. The number of rotatable bonds is 7. The topological polar surface area (TPSA) is 64.1 Å². The molecular weight excluding hydrogens is 425 g/mol. The van der Waals surface area contributed by atoms with E-state index in [2.05, 4.69) is 15.3 Å². The molecule has 0 bridgehead atoms. The minimum absolute atomic E-state index is 0.161. The molecule has 5 nitrogen and oxygen atoms in total. The van der Waals surface area contributed by atoms with Crippen molar-refractivity contribution in [3.05, 3.63) is 102 Å². The average molecular weight is 446 g/mol. The zero-order chi connectivity index (χ0) is 22.3. The number of nitrogens with one attached hydrogen (secondary N) is 1. The molecule has 4 rings (SSSR count). The Hall–Kier alpha value is -3.71. The number of thioether (sulfide) groups is 1. The minimum atomic E-state index is -0.321. The molecule has 1 aromatic heterocycles. The molecule has 0 atom stereocenters. The molecule has 0 radical (unpaired) electrons. The predicted octanol–water partition coefficient (Wildman–Crippen LogP) is 5.73. The van der Waals surface area contributed by atoms with Crippen LogP contribution in [-0.2, 0) is 6.54 Å². The molecule has 0 aliphatic carbocycles. The third-order valence-corrected chi connectivity index (χ3v) is 5.43. The van der Waals surface area contributed by atoms with Crippen molar-refractivity contribution in [3.8, 4) is 23.0 Å². The molecule has 0 aliphatic rings. The molecule has 160 valence electrons. The predicted molar refractivity (Wildman–Crippen MR) is 123 cm³/mol. The third kappa shape index (κ3) is 5.50. The van der Waals surface area contributed by atoms with Gasteiger partial charge in [0.2, 0.25) is 5.88 Å². The number of hydrogen-bond acceptors (Lipinski definition) is 5. The fourth-order valence-electron chi connectivity index (χ4n) is 2.96. The molecule has 1 amide bonds. The first-order valence-electron chi connectivity index (χ1n) is 9.89. The van der Waals surface area contributed by atoms with Crippen molar-refractivity contribution in [3.63, 3.8) is 0 Å². The van der Waals surface area contributed by atoms with E-state index in [9.17, 15) is 9.18 Å². The number of carbonyl (C=O) groups is 1. The van der Waals surface area contributed by atoms with Crippen LogP contribution in [-0.4, -0.2) is 22.1 Å². The minimum Gasteiger partial charge on any atom is -0.439 e. The van der Waals surface area contributed by atoms with Gasteiger partial charge in [-0.1, -0.05) is 12.1 Å². The van der Waals surface area contributed by atoms with Crippen molar-refractivity contribution in [2.24, 2.45) is 0 Å². The van der Waals surface area contributed by atoms with Gasteiger partial charge in [0.05, 0.1) is 0 Å². The van der Waals surface area contributed by atoms with Gasteiger partial charge in [0.1, 0.15) is 11.6 Å². The number of amides is 1. The van der Waals surface area contributed by atoms with Gasteiger partial charge in [-0.3, -0.25) is 4.79 Å². The van der Waals surface area contributed by atoms with E-state index in [-0.39, 0.29) is 11.7 Å². The number of aromatic nitrogens is 2. The Morgan fingerprint density at radius 2 is 1.69 bits per heavy atom. The van der Waals surface area contributed by atoms with Crippen molar-refractivity contribution >= 4 is 17.7 Å². The largest absolute Gasteiger partial charge is 0.439 e. The molecule has 7 heteroatoms. The quantitative estimate of drug-likeness (QED) is 0.368. The highest BCUT2D eigenvalue weighted by atomic mass is 32.2. The van der Waals surface area contributed by atoms with Crippen molar-refractivity contribution in [1.29, 1.82) is 0 Å². The summed E-state index contributed by atoms with van der Waals surface area (Å²) >= 11 is 1.68. The number of nitrogens with zero attached hydrogens (tertiary/aromatic N) is 2. The monoisotopic (exact) mass is 445 g/mol. The molecule has 1 N–H and O–H groups in total. The average Bonchev–Trinajstić information content (AvgIpc) is 2.84. The first-order chi connectivity index (χ1) is 15.6. The molecule has 0 spiro atoms. The Morgan fingerprint density at radius 1 is 0.969 bits per heavy atom. The zero-order valence-corrected chi connectivity index (χ0v) is 18.1. The fourth-order valence-corrected chi connectivity index (χ4v) is 3.37. The number of halogens is 1. The van der Waals surface area contributed by atoms with Gasteiger partial charge in [-0.15, -0.1) is 11.8 Å². The molecule has 0 saturated carbocycles. The summed E-state index contributed by atoms with van der Waals surface area (Å²) in [7, 11) is 0. The number of hydrogen-bond donors (Lipinski definition) is 1. The Balaban J connectivity index is 1.37. The first-order valence-corrected chi connectivity index (χ1v) is 11.1. The third-order valence-electron chi connectivity index (χ3n) is 4.68. The van der Waals surface area contributed by atoms with Crippen LogP contribution < -0.4 is 10.1 Å². The van der Waals surface area contributed by atoms with Crippen molar-refractivity contribution in [2.45, 2.75) is 11.4 Å². The molecule has 0 fully saturated rings. The summed E-state index contributed by atoms with van der Waals surface area (Å²) in [5.74, 6) is 0.845. The lowest BCUT2D eigenvalue weighted by Crippen LogP contribution is -2.22. The smallest absolute Gasteiger partial charge is 0.251 e. The van der Waals surface area contributed by atoms with Crippen LogP contribution >= 0.6 is 11.8 Å². The summed E-state index contributed by atoms with van der Waals surface area (Å²) in [6.45, 7) is 0.457. The SMILES string of the molecule is CSc1ccc(CNC(=O)c2ccc(Oc3ccnc(-c4ccc(F)cc4)n3)cc2)cc1. The fraction of sp³-hybridized carbons (Fsp3) is 0.0800. The molecule has 32 heavy (non-hydrogen) atoms. The van der Waals surface area contributed by atoms with E-state index in [0.717, 1.165) is 5.56 Å². The van der Waals surface area contributed by atoms with Crippen LogP contribution in [0.15, 0.2) is 90.0 Å². The van der Waals surface area contributed by atoms with E-state index in [1.54, 1.807) is 60.4 Å². The Morgan fingerprint density at radius 3 is 2.38 bits per heavy atom. The normalized spacial score (nSPS) is 10.6. The summed E-state index contributed by atoms with van der Waals surface area (Å²) in [5, 5.41) is 2.92. The molecule has 1 heterocycles. The van der Waals surface area contributed by atoms with E-state index in [1.165, 1.54) is 17.0 Å². The lowest BCUT2D eigenvalue weighted by Gasteiger charge is -2.08. The molecule has 0 aliphatic heterocycles. The summed E-state index contributed by atoms with van der Waals surface area (Å²) < 4.78 is 18.9. The van der Waals surface area contributed by atoms with Gasteiger partial charge in [0, 0.05) is 34.8 Å². The maximum absolute atomic E-state index is 13.1. The van der Waals surface area contributed by atoms with Gasteiger partial charge >= 0.3 is 0 Å². The van der Waals surface area contributed by atoms with Crippen LogP contribution in [0.1, 0.15) is 15.9 Å². The van der Waals surface area contributed by atoms with Crippen LogP contribution in [0.4, 0.5) is 4.39 Å². The highest BCUT2D eigenvalue weighted by Gasteiger charge is 2.08. The maximum atomic E-state index is 13.1. The molecule has 0 unspecified atom stereocenters. The maximum Gasteiger partial charge on any atom is 0.251 e. The van der Waals surface area contributed by atoms with Gasteiger partial charge in [0.15, 0.2) is 5.82 Å². The van der Waals surface area contributed by atoms with Crippen LogP contribution in [0.2, 0.25) is 0 Å². The van der Waals surface area contributed by atoms with Crippen molar-refractivity contribution < 1.29 is 13.9 Å². The van der Waals surface area contributed by atoms with E-state index in [4.69, 9.17) is 4.74 Å². The highest BCUT2D eigenvalue weighted by molar-refractivity contribution is 7.98. The Kier molecular flexibility index (Phi) is 6.77. The second-order valence-corrected chi connectivity index (χ2v) is 7.76. The van der Waals surface area contributed by atoms with Gasteiger partial charge in [0.25, 0.3) is 5.91 Å². The summed E-state index contributed by atoms with van der Waals surface area (Å²) in [5.41, 5.74) is 2.26. The van der Waals surface area contributed by atoms with Crippen LogP contribution in [0.5, 0.6) is 11.6 Å². The van der Waals surface area contributed by atoms with Crippen LogP contribution in [0.3, 0.4) is 0 Å². The summed E-state index contributed by atoms with van der Waals surface area (Å²) in [6, 6.07) is 22.5. The van der Waals surface area contributed by atoms with Gasteiger partial charge in [-0.2, -0.15) is 4.98 Å². The van der Waals surface area contributed by atoms with E-state index < -0.39 is 0 Å². The first kappa shape index (κ1) is 21.5. The molecular formula is C25H20FN3O2S.